The second-order valence-electron chi connectivity index (χ2n) is 12.4. The van der Waals surface area contributed by atoms with Gasteiger partial charge in [-0.05, 0) is 73.4 Å². The number of pyridine rings is 1. The second kappa shape index (κ2) is 10.8. The van der Waals surface area contributed by atoms with Gasteiger partial charge in [0.2, 0.25) is 0 Å². The fourth-order valence-corrected chi connectivity index (χ4v) is 6.59. The quantitative estimate of drug-likeness (QED) is 0.247. The number of halogens is 2. The maximum Gasteiger partial charge on any atom is 0.251 e. The number of aromatic nitrogens is 5. The van der Waals surface area contributed by atoms with Crippen molar-refractivity contribution >= 4 is 27.8 Å². The number of carbonyl (C=O) groups excluding carboxylic acids is 1. The molecule has 1 aliphatic heterocycles. The van der Waals surface area contributed by atoms with Gasteiger partial charge in [0.15, 0.2) is 17.3 Å². The molecule has 2 fully saturated rings. The third kappa shape index (κ3) is 5.18. The molecule has 1 saturated carbocycles. The van der Waals surface area contributed by atoms with Gasteiger partial charge < -0.3 is 10.6 Å². The first kappa shape index (κ1) is 27.6. The number of rotatable bonds is 8. The molecule has 0 spiro atoms. The van der Waals surface area contributed by atoms with E-state index in [4.69, 9.17) is 15.8 Å². The van der Waals surface area contributed by atoms with Crippen molar-refractivity contribution in [3.63, 3.8) is 0 Å². The van der Waals surface area contributed by atoms with E-state index < -0.39 is 17.5 Å². The number of amides is 1. The zero-order valence-corrected chi connectivity index (χ0v) is 24.4. The predicted molar refractivity (Wildman–Crippen MR) is 162 cm³/mol. The Morgan fingerprint density at radius 3 is 2.47 bits per heavy atom. The van der Waals surface area contributed by atoms with Crippen molar-refractivity contribution in [2.75, 3.05) is 13.1 Å². The summed E-state index contributed by atoms with van der Waals surface area (Å²) in [7, 11) is 0. The van der Waals surface area contributed by atoms with Crippen molar-refractivity contribution in [1.82, 2.24) is 29.4 Å². The molecule has 2 N–H and O–H groups in total. The summed E-state index contributed by atoms with van der Waals surface area (Å²) >= 11 is 0. The number of benzene rings is 2. The fourth-order valence-electron chi connectivity index (χ4n) is 6.59. The molecule has 8 nitrogen and oxygen atoms in total. The molecule has 10 heteroatoms. The molecule has 3 aromatic heterocycles. The first-order valence-electron chi connectivity index (χ1n) is 15.1. The van der Waals surface area contributed by atoms with Crippen molar-refractivity contribution in [3.05, 3.63) is 77.2 Å². The highest BCUT2D eigenvalue weighted by Gasteiger charge is 2.33. The molecule has 5 aromatic rings. The number of hydrogen-bond donors (Lipinski definition) is 1. The largest absolute Gasteiger partial charge is 0.366 e. The van der Waals surface area contributed by atoms with E-state index in [1.165, 1.54) is 18.9 Å². The molecule has 7 rings (SSSR count). The summed E-state index contributed by atoms with van der Waals surface area (Å²) in [5.41, 5.74) is 11.0. The second-order valence-corrected chi connectivity index (χ2v) is 12.4. The molecule has 222 valence electrons. The standard InChI is InChI=1S/C33H35F2N7O/c1-19(2)13-28-31(32(36)43)30(25-17-38-42(33(25)39-28)24-9-11-40(12-10-24)23-5-6-23)21-4-8-29-22(15-21)16-37-41(29)18-20-3-7-26(34)27(35)14-20/h3-4,7-8,14-17,19,23-24H,5-6,9-13,18H2,1-2H3,(H2,36,43). The Morgan fingerprint density at radius 1 is 0.977 bits per heavy atom. The van der Waals surface area contributed by atoms with E-state index >= 15 is 0 Å². The topological polar surface area (TPSA) is 94.9 Å². The minimum atomic E-state index is -0.886. The zero-order chi connectivity index (χ0) is 29.8. The van der Waals surface area contributed by atoms with Crippen molar-refractivity contribution in [2.24, 2.45) is 11.7 Å². The number of hydrogen-bond acceptors (Lipinski definition) is 5. The molecular formula is C33H35F2N7O. The summed E-state index contributed by atoms with van der Waals surface area (Å²) in [5, 5.41) is 11.0. The monoisotopic (exact) mass is 583 g/mol. The third-order valence-corrected chi connectivity index (χ3v) is 8.82. The van der Waals surface area contributed by atoms with Gasteiger partial charge in [-0.3, -0.25) is 9.48 Å². The van der Waals surface area contributed by atoms with Crippen molar-refractivity contribution in [3.8, 4) is 11.1 Å². The minimum absolute atomic E-state index is 0.246. The molecule has 2 aromatic carbocycles. The van der Waals surface area contributed by atoms with E-state index in [0.29, 0.717) is 23.2 Å². The molecule has 1 amide bonds. The summed E-state index contributed by atoms with van der Waals surface area (Å²) in [6, 6.07) is 10.8. The van der Waals surface area contributed by atoms with Gasteiger partial charge in [0.05, 0.1) is 41.8 Å². The Labute approximate surface area is 248 Å². The van der Waals surface area contributed by atoms with Crippen LogP contribution in [0.4, 0.5) is 8.78 Å². The molecule has 1 saturated heterocycles. The zero-order valence-electron chi connectivity index (χ0n) is 24.4. The van der Waals surface area contributed by atoms with Gasteiger partial charge in [-0.2, -0.15) is 10.2 Å². The summed E-state index contributed by atoms with van der Waals surface area (Å²) < 4.78 is 31.1. The van der Waals surface area contributed by atoms with Crippen LogP contribution in [0.25, 0.3) is 33.1 Å². The summed E-state index contributed by atoms with van der Waals surface area (Å²) in [6.07, 6.45) is 8.84. The normalized spacial score (nSPS) is 16.6. The average Bonchev–Trinajstić information content (AvgIpc) is 3.64. The van der Waals surface area contributed by atoms with E-state index in [9.17, 15) is 13.6 Å². The van der Waals surface area contributed by atoms with Crippen LogP contribution >= 0.6 is 0 Å². The lowest BCUT2D eigenvalue weighted by Crippen LogP contribution is -2.36. The highest BCUT2D eigenvalue weighted by Crippen LogP contribution is 2.38. The number of nitrogens with zero attached hydrogens (tertiary/aromatic N) is 6. The summed E-state index contributed by atoms with van der Waals surface area (Å²) in [6.45, 7) is 6.63. The van der Waals surface area contributed by atoms with Gasteiger partial charge in [0, 0.05) is 35.5 Å². The summed E-state index contributed by atoms with van der Waals surface area (Å²) in [4.78, 5) is 20.7. The molecule has 2 aliphatic rings. The van der Waals surface area contributed by atoms with Crippen LogP contribution in [0.5, 0.6) is 0 Å². The van der Waals surface area contributed by atoms with Crippen LogP contribution in [0, 0.1) is 17.6 Å². The van der Waals surface area contributed by atoms with Crippen molar-refractivity contribution in [2.45, 2.75) is 64.6 Å². The first-order chi connectivity index (χ1) is 20.8. The number of fused-ring (bicyclic) bond motifs is 2. The molecule has 4 heterocycles. The van der Waals surface area contributed by atoms with E-state index in [-0.39, 0.29) is 18.5 Å². The lowest BCUT2D eigenvalue weighted by Gasteiger charge is -2.32. The van der Waals surface area contributed by atoms with Gasteiger partial charge in [0.25, 0.3) is 5.91 Å². The average molecular weight is 584 g/mol. The predicted octanol–water partition coefficient (Wildman–Crippen LogP) is 5.87. The minimum Gasteiger partial charge on any atom is -0.366 e. The van der Waals surface area contributed by atoms with Crippen LogP contribution in [0.1, 0.15) is 67.2 Å². The number of likely N-dealkylation sites (tertiary alicyclic amines) is 1. The SMILES string of the molecule is CC(C)Cc1nc2c(cnn2C2CCN(C3CC3)CC2)c(-c2ccc3c(cnn3Cc3ccc(F)c(F)c3)c2)c1C(N)=O. The van der Waals surface area contributed by atoms with Gasteiger partial charge in [-0.15, -0.1) is 0 Å². The molecule has 43 heavy (non-hydrogen) atoms. The molecular weight excluding hydrogens is 548 g/mol. The van der Waals surface area contributed by atoms with Crippen LogP contribution < -0.4 is 5.73 Å². The van der Waals surface area contributed by atoms with E-state index in [2.05, 4.69) is 28.5 Å². The van der Waals surface area contributed by atoms with Crippen LogP contribution in [0.2, 0.25) is 0 Å². The smallest absolute Gasteiger partial charge is 0.251 e. The first-order valence-corrected chi connectivity index (χ1v) is 15.1. The lowest BCUT2D eigenvalue weighted by atomic mass is 9.92. The molecule has 1 aliphatic carbocycles. The van der Waals surface area contributed by atoms with Crippen LogP contribution in [0.3, 0.4) is 0 Å². The Hall–Kier alpha value is -4.18. The Balaban J connectivity index is 1.31. The van der Waals surface area contributed by atoms with Crippen LogP contribution in [-0.2, 0) is 13.0 Å². The van der Waals surface area contributed by atoms with Crippen molar-refractivity contribution < 1.29 is 13.6 Å². The van der Waals surface area contributed by atoms with Gasteiger partial charge in [0.1, 0.15) is 0 Å². The van der Waals surface area contributed by atoms with Crippen LogP contribution in [0.15, 0.2) is 48.8 Å². The highest BCUT2D eigenvalue weighted by atomic mass is 19.2. The molecule has 0 unspecified atom stereocenters. The van der Waals surface area contributed by atoms with Crippen molar-refractivity contribution in [1.29, 1.82) is 0 Å². The Bertz CT molecular complexity index is 1850. The summed E-state index contributed by atoms with van der Waals surface area (Å²) in [5.74, 6) is -2.01. The third-order valence-electron chi connectivity index (χ3n) is 8.82. The number of primary amides is 1. The number of piperidine rings is 1. The number of carbonyl (C=O) groups is 1. The lowest BCUT2D eigenvalue weighted by molar-refractivity contribution is 0.0999. The van der Waals surface area contributed by atoms with Gasteiger partial charge in [-0.1, -0.05) is 26.0 Å². The maximum absolute atomic E-state index is 13.8. The van der Waals surface area contributed by atoms with E-state index in [1.54, 1.807) is 16.9 Å². The maximum atomic E-state index is 13.8. The fraction of sp³-hybridized carbons (Fsp3) is 0.394. The molecule has 0 bridgehead atoms. The molecule has 0 atom stereocenters. The highest BCUT2D eigenvalue weighted by molar-refractivity contribution is 6.09. The van der Waals surface area contributed by atoms with E-state index in [0.717, 1.165) is 71.1 Å². The van der Waals surface area contributed by atoms with E-state index in [1.807, 2.05) is 24.4 Å². The Kier molecular flexibility index (Phi) is 6.96. The van der Waals surface area contributed by atoms with Crippen LogP contribution in [-0.4, -0.2) is 54.5 Å². The van der Waals surface area contributed by atoms with Gasteiger partial charge >= 0.3 is 0 Å². The molecule has 0 radical (unpaired) electrons. The number of nitrogens with two attached hydrogens (primary N) is 1. The Morgan fingerprint density at radius 2 is 1.77 bits per heavy atom. The van der Waals surface area contributed by atoms with Gasteiger partial charge in [-0.25, -0.2) is 18.4 Å².